The van der Waals surface area contributed by atoms with Crippen LogP contribution >= 0.6 is 0 Å². The van der Waals surface area contributed by atoms with Crippen LogP contribution in [-0.2, 0) is 24.0 Å². The van der Waals surface area contributed by atoms with Gasteiger partial charge in [0.1, 0.15) is 13.2 Å². The third kappa shape index (κ3) is 19.2. The number of aliphatic carboxylic acids is 5. The molecule has 0 aromatic heterocycles. The van der Waals surface area contributed by atoms with Crippen LogP contribution in [0.1, 0.15) is 12.8 Å². The normalized spacial score (nSPS) is 9.35. The zero-order valence-electron chi connectivity index (χ0n) is 11.4. The minimum absolute atomic E-state index is 0.778. The molecule has 0 atom stereocenters. The van der Waals surface area contributed by atoms with Gasteiger partial charge in [-0.25, -0.2) is 14.4 Å². The molecule has 0 aromatic carbocycles. The number of hydrogen-bond acceptors (Lipinski definition) is 8. The Balaban J connectivity index is -0.000000329. The van der Waals surface area contributed by atoms with Crippen LogP contribution in [0.15, 0.2) is 0 Å². The minimum atomic E-state index is -2.74. The lowest BCUT2D eigenvalue weighted by molar-refractivity contribution is -0.170. The van der Waals surface area contributed by atoms with E-state index in [1.165, 1.54) is 0 Å². The van der Waals surface area contributed by atoms with Crippen molar-refractivity contribution in [3.8, 4) is 0 Å². The molecule has 8 N–H and O–H groups in total. The summed E-state index contributed by atoms with van der Waals surface area (Å²) in [7, 11) is 0. The van der Waals surface area contributed by atoms with Gasteiger partial charge in [0.25, 0.3) is 0 Å². The van der Waals surface area contributed by atoms with Gasteiger partial charge in [0.15, 0.2) is 5.60 Å². The first kappa shape index (κ1) is 25.2. The van der Waals surface area contributed by atoms with Crippen LogP contribution in [0.5, 0.6) is 0 Å². The molecule has 0 rings (SSSR count). The fraction of sp³-hybridized carbons (Fsp3) is 0.500. The maximum absolute atomic E-state index is 10.3. The summed E-state index contributed by atoms with van der Waals surface area (Å²) in [6.07, 6.45) is -2.29. The van der Waals surface area contributed by atoms with Crippen LogP contribution in [0.25, 0.3) is 0 Å². The zero-order valence-corrected chi connectivity index (χ0v) is 11.4. The number of aliphatic hydroxyl groups is 3. The van der Waals surface area contributed by atoms with Gasteiger partial charge in [0, 0.05) is 0 Å². The van der Waals surface area contributed by atoms with E-state index < -0.39 is 61.5 Å². The fourth-order valence-corrected chi connectivity index (χ4v) is 0.714. The van der Waals surface area contributed by atoms with Gasteiger partial charge in [-0.1, -0.05) is 0 Å². The van der Waals surface area contributed by atoms with Crippen molar-refractivity contribution in [2.45, 2.75) is 18.4 Å². The Kier molecular flexibility index (Phi) is 14.2. The molecular weight excluding hydrogens is 328 g/mol. The van der Waals surface area contributed by atoms with Gasteiger partial charge < -0.3 is 40.9 Å². The molecular formula is C10H16O13. The average Bonchev–Trinajstić information content (AvgIpc) is 2.37. The molecule has 0 saturated heterocycles. The molecule has 0 bridgehead atoms. The quantitative estimate of drug-likeness (QED) is 0.228. The van der Waals surface area contributed by atoms with Crippen LogP contribution in [-0.4, -0.2) is 89.5 Å². The smallest absolute Gasteiger partial charge is 0.336 e. The molecule has 0 heterocycles. The van der Waals surface area contributed by atoms with E-state index >= 15 is 0 Å². The number of carboxylic acid groups (broad SMARTS) is 5. The number of carbonyl (C=O) groups is 5. The molecule has 0 saturated carbocycles. The number of rotatable bonds is 7. The largest absolute Gasteiger partial charge is 0.481 e. The average molecular weight is 344 g/mol. The fourth-order valence-electron chi connectivity index (χ4n) is 0.714. The van der Waals surface area contributed by atoms with Crippen molar-refractivity contribution in [1.29, 1.82) is 0 Å². The molecule has 134 valence electrons. The van der Waals surface area contributed by atoms with Crippen molar-refractivity contribution in [1.82, 2.24) is 0 Å². The van der Waals surface area contributed by atoms with Crippen molar-refractivity contribution in [3.63, 3.8) is 0 Å². The lowest BCUT2D eigenvalue weighted by Crippen LogP contribution is -2.42. The van der Waals surface area contributed by atoms with E-state index in [9.17, 15) is 14.4 Å². The van der Waals surface area contributed by atoms with E-state index in [2.05, 4.69) is 0 Å². The van der Waals surface area contributed by atoms with Crippen LogP contribution in [0, 0.1) is 0 Å². The molecule has 13 heteroatoms. The monoisotopic (exact) mass is 344 g/mol. The topological polar surface area (TPSA) is 247 Å². The highest BCUT2D eigenvalue weighted by Crippen LogP contribution is 2.15. The Morgan fingerprint density at radius 1 is 0.609 bits per heavy atom. The van der Waals surface area contributed by atoms with Crippen molar-refractivity contribution < 1.29 is 64.8 Å². The molecule has 0 aliphatic rings. The summed E-state index contributed by atoms with van der Waals surface area (Å²) < 4.78 is 0. The first-order chi connectivity index (χ1) is 10.3. The van der Waals surface area contributed by atoms with Crippen LogP contribution in [0.4, 0.5) is 0 Å². The predicted molar refractivity (Wildman–Crippen MR) is 66.5 cm³/mol. The SMILES string of the molecule is O=C(O)CC(O)(CC(=O)O)C(=O)O.O=C(O)CO.O=C(O)CO. The highest BCUT2D eigenvalue weighted by Gasteiger charge is 2.40. The Hall–Kier alpha value is -2.77. The Labute approximate surface area is 127 Å². The molecule has 0 aromatic rings. The molecule has 0 aliphatic heterocycles. The summed E-state index contributed by atoms with van der Waals surface area (Å²) in [6, 6.07) is 0. The van der Waals surface area contributed by atoms with Crippen LogP contribution in [0.2, 0.25) is 0 Å². The second-order valence-electron chi connectivity index (χ2n) is 3.58. The van der Waals surface area contributed by atoms with E-state index in [1.807, 2.05) is 0 Å². The Morgan fingerprint density at radius 3 is 0.913 bits per heavy atom. The summed E-state index contributed by atoms with van der Waals surface area (Å²) in [5.74, 6) is -7.40. The van der Waals surface area contributed by atoms with Crippen molar-refractivity contribution in [2.75, 3.05) is 13.2 Å². The Morgan fingerprint density at radius 2 is 0.826 bits per heavy atom. The van der Waals surface area contributed by atoms with E-state index in [0.29, 0.717) is 0 Å². The van der Waals surface area contributed by atoms with Crippen LogP contribution in [0.3, 0.4) is 0 Å². The summed E-state index contributed by atoms with van der Waals surface area (Å²) >= 11 is 0. The third-order valence-electron chi connectivity index (χ3n) is 1.56. The van der Waals surface area contributed by atoms with Crippen LogP contribution < -0.4 is 0 Å². The second kappa shape index (κ2) is 12.9. The second-order valence-corrected chi connectivity index (χ2v) is 3.58. The minimum Gasteiger partial charge on any atom is -0.481 e. The van der Waals surface area contributed by atoms with E-state index in [4.69, 9.17) is 50.4 Å². The number of carboxylic acids is 5. The Bertz CT molecular complexity index is 396. The maximum atomic E-state index is 10.3. The van der Waals surface area contributed by atoms with E-state index in [1.54, 1.807) is 0 Å². The van der Waals surface area contributed by atoms with E-state index in [-0.39, 0.29) is 0 Å². The van der Waals surface area contributed by atoms with Gasteiger partial charge in [-0.3, -0.25) is 9.59 Å². The molecule has 23 heavy (non-hydrogen) atoms. The van der Waals surface area contributed by atoms with Crippen molar-refractivity contribution in [2.24, 2.45) is 0 Å². The number of aliphatic hydroxyl groups excluding tert-OH is 2. The van der Waals surface area contributed by atoms with Crippen molar-refractivity contribution >= 4 is 29.8 Å². The summed E-state index contributed by atoms with van der Waals surface area (Å²) in [4.78, 5) is 48.7. The first-order valence-electron chi connectivity index (χ1n) is 5.37. The first-order valence-corrected chi connectivity index (χ1v) is 5.37. The highest BCUT2D eigenvalue weighted by molar-refractivity contribution is 5.88. The summed E-state index contributed by atoms with van der Waals surface area (Å²) in [5.41, 5.74) is -2.74. The predicted octanol–water partition coefficient (Wildman–Crippen LogP) is -3.12. The molecule has 0 unspecified atom stereocenters. The maximum Gasteiger partial charge on any atom is 0.336 e. The highest BCUT2D eigenvalue weighted by atomic mass is 16.4. The van der Waals surface area contributed by atoms with Gasteiger partial charge in [-0.2, -0.15) is 0 Å². The van der Waals surface area contributed by atoms with Crippen molar-refractivity contribution in [3.05, 3.63) is 0 Å². The molecule has 0 aliphatic carbocycles. The van der Waals surface area contributed by atoms with Gasteiger partial charge in [-0.15, -0.1) is 0 Å². The van der Waals surface area contributed by atoms with Gasteiger partial charge >= 0.3 is 29.8 Å². The van der Waals surface area contributed by atoms with E-state index in [0.717, 1.165) is 0 Å². The molecule has 0 radical (unpaired) electrons. The number of hydrogen-bond donors (Lipinski definition) is 8. The van der Waals surface area contributed by atoms with Gasteiger partial charge in [0.2, 0.25) is 0 Å². The summed E-state index contributed by atoms with van der Waals surface area (Å²) in [5, 5.41) is 63.8. The standard InChI is InChI=1S/C6H8O7.2C2H4O3/c7-3(8)1-6(13,5(11)12)2-4(9)10;2*3-1-2(4)5/h13H,1-2H2,(H,7,8)(H,9,10)(H,11,12);2*3H,1H2,(H,4,5). The lowest BCUT2D eigenvalue weighted by Gasteiger charge is -2.18. The third-order valence-corrected chi connectivity index (χ3v) is 1.56. The summed E-state index contributed by atoms with van der Waals surface area (Å²) in [6.45, 7) is -1.56. The molecule has 0 fully saturated rings. The molecule has 0 amide bonds. The molecule has 0 spiro atoms. The zero-order chi connectivity index (χ0) is 19.2. The van der Waals surface area contributed by atoms with Gasteiger partial charge in [-0.05, 0) is 0 Å². The van der Waals surface area contributed by atoms with Gasteiger partial charge in [0.05, 0.1) is 12.8 Å². The lowest BCUT2D eigenvalue weighted by atomic mass is 9.96. The molecule has 13 nitrogen and oxygen atoms in total.